The van der Waals surface area contributed by atoms with Crippen LogP contribution in [0.4, 0.5) is 0 Å². The molecule has 0 amide bonds. The maximum absolute atomic E-state index is 3.60. The Bertz CT molecular complexity index is 147. The minimum absolute atomic E-state index is 0.809. The number of likely N-dealkylation sites (N-methyl/N-ethyl adjacent to an activating group) is 1. The highest BCUT2D eigenvalue weighted by molar-refractivity contribution is 4.80. The Morgan fingerprint density at radius 3 is 2.86 bits per heavy atom. The van der Waals surface area contributed by atoms with Gasteiger partial charge in [0, 0.05) is 12.6 Å². The summed E-state index contributed by atoms with van der Waals surface area (Å²) >= 11 is 0. The van der Waals surface area contributed by atoms with E-state index in [1.54, 1.807) is 0 Å². The molecule has 1 aliphatic rings. The van der Waals surface area contributed by atoms with Crippen molar-refractivity contribution in [2.24, 2.45) is 5.92 Å². The van der Waals surface area contributed by atoms with Gasteiger partial charge in [0.1, 0.15) is 0 Å². The molecule has 1 aliphatic heterocycles. The molecule has 0 radical (unpaired) electrons. The smallest absolute Gasteiger partial charge is 0.0220 e. The van der Waals surface area contributed by atoms with Crippen molar-refractivity contribution < 1.29 is 0 Å². The van der Waals surface area contributed by atoms with Crippen LogP contribution in [0.15, 0.2) is 0 Å². The third kappa shape index (κ3) is 3.58. The predicted molar refractivity (Wildman–Crippen MR) is 62.6 cm³/mol. The zero-order valence-electron chi connectivity index (χ0n) is 10.1. The summed E-state index contributed by atoms with van der Waals surface area (Å²) < 4.78 is 0. The number of hydrogen-bond acceptors (Lipinski definition) is 2. The first-order valence-electron chi connectivity index (χ1n) is 6.22. The molecule has 0 spiro atoms. The van der Waals surface area contributed by atoms with E-state index in [4.69, 9.17) is 0 Å². The second-order valence-corrected chi connectivity index (χ2v) is 4.60. The molecule has 0 aromatic carbocycles. The van der Waals surface area contributed by atoms with Crippen molar-refractivity contribution in [1.29, 1.82) is 0 Å². The molecule has 84 valence electrons. The molecular weight excluding hydrogens is 172 g/mol. The molecule has 0 bridgehead atoms. The average Bonchev–Trinajstić information content (AvgIpc) is 2.65. The van der Waals surface area contributed by atoms with E-state index in [-0.39, 0.29) is 0 Å². The maximum atomic E-state index is 3.60. The quantitative estimate of drug-likeness (QED) is 0.703. The average molecular weight is 198 g/mol. The van der Waals surface area contributed by atoms with Gasteiger partial charge in [-0.05, 0) is 38.4 Å². The zero-order chi connectivity index (χ0) is 10.4. The standard InChI is InChI=1S/C12H26N2/c1-4-11(3)9-13-10-12-7-6-8-14(12)5-2/h11-13H,4-10H2,1-3H3/t11-,12+/m0/s1. The number of nitrogens with zero attached hydrogens (tertiary/aromatic N) is 1. The summed E-state index contributed by atoms with van der Waals surface area (Å²) in [5.41, 5.74) is 0. The largest absolute Gasteiger partial charge is 0.315 e. The van der Waals surface area contributed by atoms with Crippen molar-refractivity contribution in [3.63, 3.8) is 0 Å². The third-order valence-corrected chi connectivity index (χ3v) is 3.47. The summed E-state index contributed by atoms with van der Waals surface area (Å²) in [5, 5.41) is 3.60. The lowest BCUT2D eigenvalue weighted by Gasteiger charge is -2.23. The molecular formula is C12H26N2. The Morgan fingerprint density at radius 1 is 1.43 bits per heavy atom. The van der Waals surface area contributed by atoms with Crippen molar-refractivity contribution in [1.82, 2.24) is 10.2 Å². The second-order valence-electron chi connectivity index (χ2n) is 4.60. The maximum Gasteiger partial charge on any atom is 0.0220 e. The van der Waals surface area contributed by atoms with Gasteiger partial charge in [-0.1, -0.05) is 27.2 Å². The molecule has 0 aromatic rings. The fourth-order valence-electron chi connectivity index (χ4n) is 2.18. The van der Waals surface area contributed by atoms with E-state index in [0.717, 1.165) is 12.0 Å². The Labute approximate surface area is 89.1 Å². The van der Waals surface area contributed by atoms with Gasteiger partial charge in [-0.3, -0.25) is 4.90 Å². The molecule has 14 heavy (non-hydrogen) atoms. The Morgan fingerprint density at radius 2 is 2.21 bits per heavy atom. The van der Waals surface area contributed by atoms with Crippen molar-refractivity contribution in [3.8, 4) is 0 Å². The Kier molecular flexibility index (Phi) is 5.49. The summed E-state index contributed by atoms with van der Waals surface area (Å²) in [4.78, 5) is 2.60. The first kappa shape index (κ1) is 12.0. The molecule has 2 atom stereocenters. The van der Waals surface area contributed by atoms with Crippen molar-refractivity contribution in [2.45, 2.75) is 46.1 Å². The van der Waals surface area contributed by atoms with Gasteiger partial charge in [-0.2, -0.15) is 0 Å². The lowest BCUT2D eigenvalue weighted by molar-refractivity contribution is 0.257. The first-order valence-corrected chi connectivity index (χ1v) is 6.22. The van der Waals surface area contributed by atoms with Gasteiger partial charge >= 0.3 is 0 Å². The molecule has 1 rings (SSSR count). The minimum Gasteiger partial charge on any atom is -0.315 e. The number of hydrogen-bond donors (Lipinski definition) is 1. The lowest BCUT2D eigenvalue weighted by Crippen LogP contribution is -2.38. The number of nitrogens with one attached hydrogen (secondary N) is 1. The molecule has 1 saturated heterocycles. The van der Waals surface area contributed by atoms with Gasteiger partial charge in [-0.25, -0.2) is 0 Å². The van der Waals surface area contributed by atoms with Gasteiger partial charge in [-0.15, -0.1) is 0 Å². The van der Waals surface area contributed by atoms with Crippen LogP contribution in [-0.2, 0) is 0 Å². The highest BCUT2D eigenvalue weighted by atomic mass is 15.2. The first-order chi connectivity index (χ1) is 6.77. The van der Waals surface area contributed by atoms with Crippen LogP contribution in [0.1, 0.15) is 40.0 Å². The summed E-state index contributed by atoms with van der Waals surface area (Å²) in [6.45, 7) is 11.8. The molecule has 1 heterocycles. The summed E-state index contributed by atoms with van der Waals surface area (Å²) in [6.07, 6.45) is 4.07. The van der Waals surface area contributed by atoms with Gasteiger partial charge in [0.25, 0.3) is 0 Å². The van der Waals surface area contributed by atoms with Crippen LogP contribution in [0, 0.1) is 5.92 Å². The minimum atomic E-state index is 0.809. The van der Waals surface area contributed by atoms with E-state index >= 15 is 0 Å². The van der Waals surface area contributed by atoms with Gasteiger partial charge in [0.2, 0.25) is 0 Å². The van der Waals surface area contributed by atoms with Crippen LogP contribution in [-0.4, -0.2) is 37.1 Å². The Balaban J connectivity index is 2.11. The van der Waals surface area contributed by atoms with Gasteiger partial charge in [0.05, 0.1) is 0 Å². The van der Waals surface area contributed by atoms with Crippen molar-refractivity contribution in [3.05, 3.63) is 0 Å². The molecule has 0 aromatic heterocycles. The molecule has 2 nitrogen and oxygen atoms in total. The van der Waals surface area contributed by atoms with Crippen LogP contribution in [0.5, 0.6) is 0 Å². The van der Waals surface area contributed by atoms with E-state index in [2.05, 4.69) is 31.0 Å². The van der Waals surface area contributed by atoms with E-state index in [1.807, 2.05) is 0 Å². The summed E-state index contributed by atoms with van der Waals surface area (Å²) in [6, 6.07) is 0.809. The molecule has 2 heteroatoms. The van der Waals surface area contributed by atoms with Crippen LogP contribution in [0.3, 0.4) is 0 Å². The second kappa shape index (κ2) is 6.41. The molecule has 0 saturated carbocycles. The SMILES string of the molecule is CC[C@H](C)CNC[C@H]1CCCN1CC. The third-order valence-electron chi connectivity index (χ3n) is 3.47. The van der Waals surface area contributed by atoms with E-state index in [1.165, 1.54) is 45.4 Å². The molecule has 0 unspecified atom stereocenters. The normalized spacial score (nSPS) is 25.5. The highest BCUT2D eigenvalue weighted by Gasteiger charge is 2.22. The lowest BCUT2D eigenvalue weighted by atomic mass is 10.1. The summed E-state index contributed by atoms with van der Waals surface area (Å²) in [7, 11) is 0. The topological polar surface area (TPSA) is 15.3 Å². The fraction of sp³-hybridized carbons (Fsp3) is 1.00. The molecule has 0 aliphatic carbocycles. The highest BCUT2D eigenvalue weighted by Crippen LogP contribution is 2.15. The molecule has 1 fully saturated rings. The van der Waals surface area contributed by atoms with Crippen LogP contribution in [0.2, 0.25) is 0 Å². The number of likely N-dealkylation sites (tertiary alicyclic amines) is 1. The molecule has 1 N–H and O–H groups in total. The van der Waals surface area contributed by atoms with Gasteiger partial charge < -0.3 is 5.32 Å². The fourth-order valence-corrected chi connectivity index (χ4v) is 2.18. The van der Waals surface area contributed by atoms with E-state index in [9.17, 15) is 0 Å². The van der Waals surface area contributed by atoms with Crippen molar-refractivity contribution in [2.75, 3.05) is 26.2 Å². The Hall–Kier alpha value is -0.0800. The monoisotopic (exact) mass is 198 g/mol. The van der Waals surface area contributed by atoms with E-state index < -0.39 is 0 Å². The van der Waals surface area contributed by atoms with Crippen LogP contribution in [0.25, 0.3) is 0 Å². The van der Waals surface area contributed by atoms with Crippen LogP contribution >= 0.6 is 0 Å². The van der Waals surface area contributed by atoms with Crippen LogP contribution < -0.4 is 5.32 Å². The predicted octanol–water partition coefficient (Wildman–Crippen LogP) is 2.11. The summed E-state index contributed by atoms with van der Waals surface area (Å²) in [5.74, 6) is 0.825. The van der Waals surface area contributed by atoms with Gasteiger partial charge in [0.15, 0.2) is 0 Å². The zero-order valence-corrected chi connectivity index (χ0v) is 10.1. The number of rotatable bonds is 6. The van der Waals surface area contributed by atoms with Crippen molar-refractivity contribution >= 4 is 0 Å². The van der Waals surface area contributed by atoms with E-state index in [0.29, 0.717) is 0 Å².